The molecule has 30 heavy (non-hydrogen) atoms. The Morgan fingerprint density at radius 2 is 1.60 bits per heavy atom. The number of carbonyl (C=O) groups is 1. The minimum absolute atomic E-state index is 0.105. The van der Waals surface area contributed by atoms with Crippen molar-refractivity contribution in [3.63, 3.8) is 0 Å². The highest BCUT2D eigenvalue weighted by Crippen LogP contribution is 2.32. The number of hydrogen-bond acceptors (Lipinski definition) is 3. The van der Waals surface area contributed by atoms with Crippen LogP contribution in [0.4, 0.5) is 5.69 Å². The van der Waals surface area contributed by atoms with E-state index in [-0.39, 0.29) is 5.91 Å². The number of hydrogen-bond donors (Lipinski definition) is 2. The van der Waals surface area contributed by atoms with Crippen LogP contribution in [0.15, 0.2) is 54.1 Å². The van der Waals surface area contributed by atoms with Crippen LogP contribution in [-0.4, -0.2) is 43.5 Å². The molecule has 0 aliphatic carbocycles. The summed E-state index contributed by atoms with van der Waals surface area (Å²) in [6.45, 7) is 10.7. The summed E-state index contributed by atoms with van der Waals surface area (Å²) >= 11 is 0. The van der Waals surface area contributed by atoms with Crippen molar-refractivity contribution in [1.29, 1.82) is 0 Å². The molecular formula is C26H35N3O. The molecule has 1 aliphatic rings. The van der Waals surface area contributed by atoms with Gasteiger partial charge in [-0.25, -0.2) is 0 Å². The number of rotatable bonds is 8. The minimum Gasteiger partial charge on any atom is -0.385 e. The average molecular weight is 406 g/mol. The monoisotopic (exact) mass is 405 g/mol. The Labute approximate surface area is 181 Å². The molecule has 0 saturated carbocycles. The smallest absolute Gasteiger partial charge is 0.253 e. The molecular weight excluding hydrogens is 370 g/mol. The third-order valence-corrected chi connectivity index (χ3v) is 5.76. The SMILES string of the molecule is CCCNc1cccc(C(=C2CCNCC2)c2ccc(C(=O)N(CC)CC)cc2)c1. The number of amides is 1. The first kappa shape index (κ1) is 22.1. The van der Waals surface area contributed by atoms with Gasteiger partial charge in [-0.15, -0.1) is 0 Å². The molecule has 2 aromatic carbocycles. The molecule has 4 nitrogen and oxygen atoms in total. The Bertz CT molecular complexity index is 858. The number of nitrogens with one attached hydrogen (secondary N) is 2. The second-order valence-corrected chi connectivity index (χ2v) is 7.79. The molecule has 4 heteroatoms. The van der Waals surface area contributed by atoms with Crippen molar-refractivity contribution in [2.45, 2.75) is 40.0 Å². The van der Waals surface area contributed by atoms with E-state index in [2.05, 4.69) is 54.0 Å². The second-order valence-electron chi connectivity index (χ2n) is 7.79. The minimum atomic E-state index is 0.105. The largest absolute Gasteiger partial charge is 0.385 e. The summed E-state index contributed by atoms with van der Waals surface area (Å²) in [6, 6.07) is 16.9. The van der Waals surface area contributed by atoms with Crippen molar-refractivity contribution in [3.8, 4) is 0 Å². The number of piperidine rings is 1. The molecule has 1 heterocycles. The van der Waals surface area contributed by atoms with E-state index in [0.717, 1.165) is 63.2 Å². The van der Waals surface area contributed by atoms with E-state index in [1.807, 2.05) is 30.9 Å². The number of carbonyl (C=O) groups excluding carboxylic acids is 1. The summed E-state index contributed by atoms with van der Waals surface area (Å²) in [6.07, 6.45) is 3.22. The third-order valence-electron chi connectivity index (χ3n) is 5.76. The van der Waals surface area contributed by atoms with E-state index >= 15 is 0 Å². The fraction of sp³-hybridized carbons (Fsp3) is 0.423. The number of benzene rings is 2. The highest BCUT2D eigenvalue weighted by Gasteiger charge is 2.17. The molecule has 0 bridgehead atoms. The first-order valence-corrected chi connectivity index (χ1v) is 11.3. The van der Waals surface area contributed by atoms with Crippen LogP contribution in [0.25, 0.3) is 5.57 Å². The molecule has 2 N–H and O–H groups in total. The maximum Gasteiger partial charge on any atom is 0.253 e. The number of anilines is 1. The zero-order chi connectivity index (χ0) is 21.3. The van der Waals surface area contributed by atoms with Crippen molar-refractivity contribution in [2.24, 2.45) is 0 Å². The fourth-order valence-electron chi connectivity index (χ4n) is 4.08. The normalized spacial score (nSPS) is 13.8. The van der Waals surface area contributed by atoms with Gasteiger partial charge in [-0.1, -0.05) is 36.8 Å². The Balaban J connectivity index is 1.97. The van der Waals surface area contributed by atoms with Crippen LogP contribution in [-0.2, 0) is 0 Å². The van der Waals surface area contributed by atoms with Gasteiger partial charge >= 0.3 is 0 Å². The lowest BCUT2D eigenvalue weighted by atomic mass is 9.88. The molecule has 2 aromatic rings. The van der Waals surface area contributed by atoms with Crippen molar-refractivity contribution < 1.29 is 4.79 Å². The van der Waals surface area contributed by atoms with Gasteiger partial charge in [0.25, 0.3) is 5.91 Å². The molecule has 1 saturated heterocycles. The quantitative estimate of drug-likeness (QED) is 0.636. The zero-order valence-corrected chi connectivity index (χ0v) is 18.6. The van der Waals surface area contributed by atoms with Crippen molar-refractivity contribution in [1.82, 2.24) is 10.2 Å². The van der Waals surface area contributed by atoms with Crippen LogP contribution in [0.5, 0.6) is 0 Å². The summed E-state index contributed by atoms with van der Waals surface area (Å²) < 4.78 is 0. The van der Waals surface area contributed by atoms with Gasteiger partial charge in [0, 0.05) is 30.9 Å². The van der Waals surface area contributed by atoms with E-state index in [1.54, 1.807) is 0 Å². The first-order chi connectivity index (χ1) is 14.7. The molecule has 160 valence electrons. The summed E-state index contributed by atoms with van der Waals surface area (Å²) in [7, 11) is 0. The van der Waals surface area contributed by atoms with E-state index in [4.69, 9.17) is 0 Å². The Morgan fingerprint density at radius 3 is 2.23 bits per heavy atom. The van der Waals surface area contributed by atoms with Gasteiger partial charge in [0.15, 0.2) is 0 Å². The molecule has 1 amide bonds. The van der Waals surface area contributed by atoms with Gasteiger partial charge in [-0.2, -0.15) is 0 Å². The Morgan fingerprint density at radius 1 is 0.933 bits per heavy atom. The average Bonchev–Trinajstić information content (AvgIpc) is 2.80. The van der Waals surface area contributed by atoms with Crippen LogP contribution < -0.4 is 10.6 Å². The molecule has 1 aliphatic heterocycles. The highest BCUT2D eigenvalue weighted by molar-refractivity contribution is 5.95. The summed E-state index contributed by atoms with van der Waals surface area (Å²) in [5, 5.41) is 6.97. The molecule has 0 radical (unpaired) electrons. The zero-order valence-electron chi connectivity index (χ0n) is 18.6. The first-order valence-electron chi connectivity index (χ1n) is 11.3. The van der Waals surface area contributed by atoms with Crippen LogP contribution in [0.1, 0.15) is 61.5 Å². The molecule has 1 fully saturated rings. The van der Waals surface area contributed by atoms with E-state index < -0.39 is 0 Å². The predicted octanol–water partition coefficient (Wildman–Crippen LogP) is 5.18. The van der Waals surface area contributed by atoms with Gasteiger partial charge in [0.1, 0.15) is 0 Å². The van der Waals surface area contributed by atoms with E-state index in [9.17, 15) is 4.79 Å². The molecule has 0 unspecified atom stereocenters. The summed E-state index contributed by atoms with van der Waals surface area (Å²) in [4.78, 5) is 14.6. The summed E-state index contributed by atoms with van der Waals surface area (Å²) in [5.74, 6) is 0.105. The topological polar surface area (TPSA) is 44.4 Å². The summed E-state index contributed by atoms with van der Waals surface area (Å²) in [5.41, 5.74) is 7.17. The lowest BCUT2D eigenvalue weighted by Gasteiger charge is -2.22. The highest BCUT2D eigenvalue weighted by atomic mass is 16.2. The lowest BCUT2D eigenvalue weighted by molar-refractivity contribution is 0.0773. The van der Waals surface area contributed by atoms with Gasteiger partial charge in [-0.3, -0.25) is 4.79 Å². The van der Waals surface area contributed by atoms with Gasteiger partial charge in [0.2, 0.25) is 0 Å². The van der Waals surface area contributed by atoms with Gasteiger partial charge in [0.05, 0.1) is 0 Å². The fourth-order valence-corrected chi connectivity index (χ4v) is 4.08. The molecule has 0 atom stereocenters. The third kappa shape index (κ3) is 5.31. The standard InChI is InChI=1S/C26H35N3O/c1-4-16-28-24-9-7-8-23(19-24)25(21-14-17-27-18-15-21)20-10-12-22(13-11-20)26(30)29(5-2)6-3/h7-13,19,27-28H,4-6,14-18H2,1-3H3. The van der Waals surface area contributed by atoms with Crippen molar-refractivity contribution in [2.75, 3.05) is 38.0 Å². The maximum absolute atomic E-state index is 12.7. The predicted molar refractivity (Wildman–Crippen MR) is 127 cm³/mol. The van der Waals surface area contributed by atoms with Crippen LogP contribution in [0.3, 0.4) is 0 Å². The molecule has 3 rings (SSSR count). The van der Waals surface area contributed by atoms with E-state index in [0.29, 0.717) is 0 Å². The molecule has 0 aromatic heterocycles. The van der Waals surface area contributed by atoms with Crippen molar-refractivity contribution in [3.05, 3.63) is 70.8 Å². The Kier molecular flexibility index (Phi) is 8.09. The van der Waals surface area contributed by atoms with E-state index in [1.165, 1.54) is 22.3 Å². The van der Waals surface area contributed by atoms with Crippen LogP contribution >= 0.6 is 0 Å². The second kappa shape index (κ2) is 11.0. The van der Waals surface area contributed by atoms with Crippen molar-refractivity contribution >= 4 is 17.2 Å². The number of nitrogens with zero attached hydrogens (tertiary/aromatic N) is 1. The lowest BCUT2D eigenvalue weighted by Crippen LogP contribution is -2.30. The van der Waals surface area contributed by atoms with Crippen LogP contribution in [0.2, 0.25) is 0 Å². The van der Waals surface area contributed by atoms with Gasteiger partial charge < -0.3 is 15.5 Å². The van der Waals surface area contributed by atoms with Crippen LogP contribution in [0, 0.1) is 0 Å². The van der Waals surface area contributed by atoms with Gasteiger partial charge in [-0.05, 0) is 87.2 Å². The maximum atomic E-state index is 12.7. The molecule has 0 spiro atoms. The Hall–Kier alpha value is -2.59.